The van der Waals surface area contributed by atoms with E-state index < -0.39 is 0 Å². The Kier molecular flexibility index (Phi) is 9.18. The first-order valence-corrected chi connectivity index (χ1v) is 9.74. The van der Waals surface area contributed by atoms with Crippen LogP contribution in [0.1, 0.15) is 65.2 Å². The summed E-state index contributed by atoms with van der Waals surface area (Å²) in [6.07, 6.45) is 3.26. The largest absolute Gasteiger partial charge is 0.467 e. The first-order valence-electron chi connectivity index (χ1n) is 9.74. The zero-order chi connectivity index (χ0) is 21.4. The van der Waals surface area contributed by atoms with E-state index in [1.54, 1.807) is 20.1 Å². The van der Waals surface area contributed by atoms with Crippen molar-refractivity contribution in [3.8, 4) is 5.75 Å². The molecule has 0 fully saturated rings. The van der Waals surface area contributed by atoms with Crippen molar-refractivity contribution in [1.82, 2.24) is 0 Å². The van der Waals surface area contributed by atoms with Gasteiger partial charge in [0.25, 0.3) is 0 Å². The number of methoxy groups -OCH3 is 1. The molecule has 0 aliphatic rings. The molecule has 0 aliphatic carbocycles. The lowest BCUT2D eigenvalue weighted by molar-refractivity contribution is -0.137. The number of rotatable bonds is 9. The van der Waals surface area contributed by atoms with E-state index in [9.17, 15) is 4.79 Å². The molecule has 0 bridgehead atoms. The summed E-state index contributed by atoms with van der Waals surface area (Å²) in [4.78, 5) is 11.7. The second-order valence-electron chi connectivity index (χ2n) is 8.69. The molecule has 0 saturated heterocycles. The van der Waals surface area contributed by atoms with Crippen LogP contribution in [0.25, 0.3) is 6.08 Å². The van der Waals surface area contributed by atoms with Crippen LogP contribution in [0.4, 0.5) is 0 Å². The quantitative estimate of drug-likeness (QED) is 0.260. The van der Waals surface area contributed by atoms with E-state index in [0.29, 0.717) is 19.8 Å². The van der Waals surface area contributed by atoms with Gasteiger partial charge in [-0.05, 0) is 41.5 Å². The number of benzene rings is 1. The second-order valence-corrected chi connectivity index (χ2v) is 8.69. The highest BCUT2D eigenvalue weighted by atomic mass is 16.7. The van der Waals surface area contributed by atoms with Gasteiger partial charge in [-0.2, -0.15) is 0 Å². The molecule has 1 aromatic rings. The fourth-order valence-corrected chi connectivity index (χ4v) is 2.67. The SMILES string of the molecule is CCOC(=O)/C=C/c1cc(C(C)(C)C)c(OCOCCOC)c(C(C)(C)C)c1. The van der Waals surface area contributed by atoms with Crippen molar-refractivity contribution in [1.29, 1.82) is 0 Å². The van der Waals surface area contributed by atoms with E-state index in [2.05, 4.69) is 53.7 Å². The zero-order valence-corrected chi connectivity index (χ0v) is 18.7. The number of esters is 1. The summed E-state index contributed by atoms with van der Waals surface area (Å²) in [5.41, 5.74) is 2.79. The van der Waals surface area contributed by atoms with Gasteiger partial charge in [0.05, 0.1) is 19.8 Å². The van der Waals surface area contributed by atoms with Crippen molar-refractivity contribution < 1.29 is 23.7 Å². The van der Waals surface area contributed by atoms with Crippen molar-refractivity contribution in [3.63, 3.8) is 0 Å². The first-order chi connectivity index (χ1) is 13.0. The van der Waals surface area contributed by atoms with Crippen LogP contribution in [0, 0.1) is 0 Å². The van der Waals surface area contributed by atoms with E-state index in [1.807, 2.05) is 0 Å². The number of hydrogen-bond donors (Lipinski definition) is 0. The Morgan fingerprint density at radius 2 is 1.57 bits per heavy atom. The maximum Gasteiger partial charge on any atom is 0.330 e. The van der Waals surface area contributed by atoms with Gasteiger partial charge >= 0.3 is 5.97 Å². The summed E-state index contributed by atoms with van der Waals surface area (Å²) < 4.78 is 21.6. The van der Waals surface area contributed by atoms with Crippen LogP contribution in [-0.4, -0.2) is 39.7 Å². The molecule has 0 N–H and O–H groups in total. The van der Waals surface area contributed by atoms with Crippen molar-refractivity contribution in [2.75, 3.05) is 33.7 Å². The van der Waals surface area contributed by atoms with Gasteiger partial charge in [-0.25, -0.2) is 4.79 Å². The molecule has 0 spiro atoms. The van der Waals surface area contributed by atoms with E-state index in [-0.39, 0.29) is 23.6 Å². The van der Waals surface area contributed by atoms with Gasteiger partial charge in [0.2, 0.25) is 0 Å². The predicted octanol–water partition coefficient (Wildman–Crippen LogP) is 4.86. The van der Waals surface area contributed by atoms with Crippen LogP contribution in [0.2, 0.25) is 0 Å². The van der Waals surface area contributed by atoms with Crippen LogP contribution in [0.3, 0.4) is 0 Å². The minimum absolute atomic E-state index is 0.143. The topological polar surface area (TPSA) is 54.0 Å². The van der Waals surface area contributed by atoms with Gasteiger partial charge < -0.3 is 18.9 Å². The fourth-order valence-electron chi connectivity index (χ4n) is 2.67. The van der Waals surface area contributed by atoms with Gasteiger partial charge in [0, 0.05) is 24.3 Å². The highest BCUT2D eigenvalue weighted by Crippen LogP contribution is 2.41. The highest BCUT2D eigenvalue weighted by molar-refractivity contribution is 5.87. The lowest BCUT2D eigenvalue weighted by Crippen LogP contribution is -2.21. The number of carbonyl (C=O) groups excluding carboxylic acids is 1. The smallest absolute Gasteiger partial charge is 0.330 e. The zero-order valence-electron chi connectivity index (χ0n) is 18.7. The van der Waals surface area contributed by atoms with Crippen LogP contribution >= 0.6 is 0 Å². The summed E-state index contributed by atoms with van der Waals surface area (Å²) in [6.45, 7) is 16.2. The first kappa shape index (κ1) is 24.2. The molecular formula is C23H36O5. The molecule has 0 heterocycles. The summed E-state index contributed by atoms with van der Waals surface area (Å²) in [6, 6.07) is 4.13. The van der Waals surface area contributed by atoms with Crippen molar-refractivity contribution in [2.45, 2.75) is 59.3 Å². The molecule has 5 nitrogen and oxygen atoms in total. The molecule has 1 rings (SSSR count). The normalized spacial score (nSPS) is 12.4. The lowest BCUT2D eigenvalue weighted by Gasteiger charge is -2.30. The molecule has 0 saturated carbocycles. The minimum Gasteiger partial charge on any atom is -0.467 e. The van der Waals surface area contributed by atoms with Gasteiger partial charge in [-0.3, -0.25) is 0 Å². The molecule has 0 amide bonds. The van der Waals surface area contributed by atoms with Gasteiger partial charge in [-0.1, -0.05) is 41.5 Å². The molecule has 5 heteroatoms. The Hall–Kier alpha value is -1.85. The third-order valence-electron chi connectivity index (χ3n) is 4.14. The Balaban J connectivity index is 3.33. The molecule has 28 heavy (non-hydrogen) atoms. The number of carbonyl (C=O) groups is 1. The fraction of sp³-hybridized carbons (Fsp3) is 0.609. The third-order valence-corrected chi connectivity index (χ3v) is 4.14. The highest BCUT2D eigenvalue weighted by Gasteiger charge is 2.27. The molecule has 0 aliphatic heterocycles. The Morgan fingerprint density at radius 3 is 2.04 bits per heavy atom. The van der Waals surface area contributed by atoms with E-state index in [1.165, 1.54) is 6.08 Å². The average molecular weight is 393 g/mol. The maximum atomic E-state index is 11.7. The molecule has 0 unspecified atom stereocenters. The standard InChI is InChI=1S/C23H36O5/c1-9-27-20(24)11-10-17-14-18(22(2,3)4)21(19(15-17)23(5,6)7)28-16-26-13-12-25-8/h10-11,14-15H,9,12-13,16H2,1-8H3/b11-10+. The van der Waals surface area contributed by atoms with Crippen LogP contribution in [0.5, 0.6) is 5.75 Å². The van der Waals surface area contributed by atoms with Crippen LogP contribution < -0.4 is 4.74 Å². The molecule has 0 radical (unpaired) electrons. The summed E-state index contributed by atoms with van der Waals surface area (Å²) in [5, 5.41) is 0. The van der Waals surface area contributed by atoms with Gasteiger partial charge in [-0.15, -0.1) is 0 Å². The minimum atomic E-state index is -0.344. The van der Waals surface area contributed by atoms with Crippen LogP contribution in [-0.2, 0) is 29.8 Å². The molecule has 1 aromatic carbocycles. The monoisotopic (exact) mass is 392 g/mol. The lowest BCUT2D eigenvalue weighted by atomic mass is 9.78. The van der Waals surface area contributed by atoms with Crippen molar-refractivity contribution in [3.05, 3.63) is 34.9 Å². The maximum absolute atomic E-state index is 11.7. The number of hydrogen-bond acceptors (Lipinski definition) is 5. The predicted molar refractivity (Wildman–Crippen MR) is 113 cm³/mol. The van der Waals surface area contributed by atoms with Crippen molar-refractivity contribution in [2.24, 2.45) is 0 Å². The van der Waals surface area contributed by atoms with Crippen molar-refractivity contribution >= 4 is 12.0 Å². The second kappa shape index (κ2) is 10.6. The molecule has 0 aromatic heterocycles. The summed E-state index contributed by atoms with van der Waals surface area (Å²) >= 11 is 0. The van der Waals surface area contributed by atoms with E-state index in [0.717, 1.165) is 22.4 Å². The van der Waals surface area contributed by atoms with Gasteiger partial charge in [0.15, 0.2) is 6.79 Å². The Morgan fingerprint density at radius 1 is 1.00 bits per heavy atom. The van der Waals surface area contributed by atoms with Gasteiger partial charge in [0.1, 0.15) is 5.75 Å². The Bertz CT molecular complexity index is 628. The number of ether oxygens (including phenoxy) is 4. The van der Waals surface area contributed by atoms with Crippen LogP contribution in [0.15, 0.2) is 18.2 Å². The third kappa shape index (κ3) is 7.64. The molecule has 158 valence electrons. The Labute approximate surface area is 170 Å². The molecule has 0 atom stereocenters. The van der Waals surface area contributed by atoms with E-state index >= 15 is 0 Å². The average Bonchev–Trinajstić information content (AvgIpc) is 2.58. The summed E-state index contributed by atoms with van der Waals surface area (Å²) in [5.74, 6) is 0.495. The molecular weight excluding hydrogens is 356 g/mol. The van der Waals surface area contributed by atoms with E-state index in [4.69, 9.17) is 18.9 Å². The summed E-state index contributed by atoms with van der Waals surface area (Å²) in [7, 11) is 1.64.